The van der Waals surface area contributed by atoms with E-state index in [0.717, 1.165) is 0 Å². The van der Waals surface area contributed by atoms with Crippen molar-refractivity contribution in [3.05, 3.63) is 61.8 Å². The molecular weight excluding hydrogens is 282 g/mol. The van der Waals surface area contributed by atoms with Crippen LogP contribution in [0, 0.1) is 10.1 Å². The first-order valence-electron chi connectivity index (χ1n) is 6.11. The summed E-state index contributed by atoms with van der Waals surface area (Å²) in [7, 11) is 0. The molecule has 0 saturated heterocycles. The molecule has 0 radical (unpaired) electrons. The number of hydrogen-bond acceptors (Lipinski definition) is 3. The smallest absolute Gasteiger partial charge is 0.297 e. The Bertz CT molecular complexity index is 703. The molecule has 0 spiro atoms. The lowest BCUT2D eigenvalue weighted by Crippen LogP contribution is -2.25. The summed E-state index contributed by atoms with van der Waals surface area (Å²) in [5.74, 6) is 0. The molecule has 0 bridgehead atoms. The number of aromatic nitrogens is 2. The van der Waals surface area contributed by atoms with Crippen molar-refractivity contribution in [2.75, 3.05) is 0 Å². The van der Waals surface area contributed by atoms with E-state index in [1.54, 1.807) is 23.0 Å². The second-order valence-electron chi connectivity index (χ2n) is 4.70. The van der Waals surface area contributed by atoms with E-state index in [4.69, 9.17) is 11.6 Å². The van der Waals surface area contributed by atoms with Crippen LogP contribution < -0.4 is 5.69 Å². The highest BCUT2D eigenvalue weighted by atomic mass is 35.5. The lowest BCUT2D eigenvalue weighted by molar-refractivity contribution is -0.385. The Morgan fingerprint density at radius 2 is 2.05 bits per heavy atom. The summed E-state index contributed by atoms with van der Waals surface area (Å²) in [6, 6.07) is 4.51. The van der Waals surface area contributed by atoms with Gasteiger partial charge in [0.15, 0.2) is 0 Å². The number of rotatable bonds is 4. The van der Waals surface area contributed by atoms with E-state index < -0.39 is 4.92 Å². The monoisotopic (exact) mass is 295 g/mol. The molecule has 0 aliphatic heterocycles. The van der Waals surface area contributed by atoms with E-state index in [2.05, 4.69) is 0 Å². The number of benzene rings is 1. The topological polar surface area (TPSA) is 70.1 Å². The summed E-state index contributed by atoms with van der Waals surface area (Å²) in [6.07, 6.45) is 3.27. The fourth-order valence-corrected chi connectivity index (χ4v) is 2.22. The van der Waals surface area contributed by atoms with Gasteiger partial charge in [0, 0.05) is 24.5 Å². The summed E-state index contributed by atoms with van der Waals surface area (Å²) in [5, 5.41) is 11.3. The number of imidazole rings is 1. The quantitative estimate of drug-likeness (QED) is 0.643. The Kier molecular flexibility index (Phi) is 3.94. The highest BCUT2D eigenvalue weighted by Crippen LogP contribution is 2.26. The van der Waals surface area contributed by atoms with E-state index in [1.165, 1.54) is 16.7 Å². The summed E-state index contributed by atoms with van der Waals surface area (Å²) >= 11 is 6.02. The third-order valence-corrected chi connectivity index (χ3v) is 3.40. The average Bonchev–Trinajstić information content (AvgIpc) is 2.73. The fourth-order valence-electron chi connectivity index (χ4n) is 1.99. The Hall–Kier alpha value is -2.08. The normalized spacial score (nSPS) is 11.0. The number of hydrogen-bond donors (Lipinski definition) is 0. The maximum atomic E-state index is 12.1. The molecule has 0 aliphatic carbocycles. The highest BCUT2D eigenvalue weighted by Gasteiger charge is 2.18. The van der Waals surface area contributed by atoms with Crippen molar-refractivity contribution >= 4 is 17.3 Å². The minimum Gasteiger partial charge on any atom is -0.297 e. The van der Waals surface area contributed by atoms with Crippen LogP contribution >= 0.6 is 11.6 Å². The van der Waals surface area contributed by atoms with Gasteiger partial charge >= 0.3 is 5.69 Å². The summed E-state index contributed by atoms with van der Waals surface area (Å²) in [4.78, 5) is 22.6. The maximum absolute atomic E-state index is 12.1. The van der Waals surface area contributed by atoms with E-state index in [0.29, 0.717) is 5.56 Å². The molecule has 2 aromatic rings. The van der Waals surface area contributed by atoms with Gasteiger partial charge in [-0.3, -0.25) is 19.2 Å². The van der Waals surface area contributed by atoms with Crippen molar-refractivity contribution < 1.29 is 4.92 Å². The van der Waals surface area contributed by atoms with Crippen molar-refractivity contribution in [3.8, 4) is 0 Å². The minimum atomic E-state index is -0.494. The molecule has 0 fully saturated rings. The second kappa shape index (κ2) is 5.50. The van der Waals surface area contributed by atoms with Crippen LogP contribution in [0.2, 0.25) is 5.02 Å². The predicted molar refractivity (Wildman–Crippen MR) is 76.3 cm³/mol. The molecule has 0 N–H and O–H groups in total. The first kappa shape index (κ1) is 14.3. The number of halogens is 1. The van der Waals surface area contributed by atoms with Gasteiger partial charge in [0.1, 0.15) is 0 Å². The molecule has 1 heterocycles. The Morgan fingerprint density at radius 1 is 1.35 bits per heavy atom. The first-order valence-corrected chi connectivity index (χ1v) is 6.48. The Labute approximate surface area is 120 Å². The van der Waals surface area contributed by atoms with Crippen LogP contribution in [0.1, 0.15) is 25.5 Å². The van der Waals surface area contributed by atoms with Crippen LogP contribution in [0.25, 0.3) is 0 Å². The van der Waals surface area contributed by atoms with Gasteiger partial charge in [-0.05, 0) is 19.9 Å². The Morgan fingerprint density at radius 3 is 2.60 bits per heavy atom. The van der Waals surface area contributed by atoms with Gasteiger partial charge in [-0.25, -0.2) is 4.79 Å². The molecule has 0 amide bonds. The van der Waals surface area contributed by atoms with Gasteiger partial charge in [-0.15, -0.1) is 0 Å². The predicted octanol–water partition coefficient (Wildman–Crippen LogP) is 2.84. The van der Waals surface area contributed by atoms with Gasteiger partial charge in [-0.1, -0.05) is 17.7 Å². The van der Waals surface area contributed by atoms with Crippen LogP contribution in [0.4, 0.5) is 5.69 Å². The standard InChI is InChI=1S/C13H14ClN3O3/c1-9(2)16-7-6-15(13(16)18)8-10-11(14)4-3-5-12(10)17(19)20/h3-7,9H,8H2,1-2H3. The second-order valence-corrected chi connectivity index (χ2v) is 5.11. The largest absolute Gasteiger partial charge is 0.328 e. The van der Waals surface area contributed by atoms with E-state index >= 15 is 0 Å². The lowest BCUT2D eigenvalue weighted by Gasteiger charge is -2.07. The first-order chi connectivity index (χ1) is 9.41. The third-order valence-electron chi connectivity index (χ3n) is 3.05. The number of nitrogens with zero attached hydrogens (tertiary/aromatic N) is 3. The summed E-state index contributed by atoms with van der Waals surface area (Å²) < 4.78 is 2.97. The molecule has 7 heteroatoms. The third kappa shape index (κ3) is 2.60. The zero-order valence-corrected chi connectivity index (χ0v) is 11.9. The highest BCUT2D eigenvalue weighted by molar-refractivity contribution is 6.31. The molecule has 0 atom stereocenters. The van der Waals surface area contributed by atoms with E-state index in [-0.39, 0.29) is 29.0 Å². The number of nitro benzene ring substituents is 1. The van der Waals surface area contributed by atoms with Crippen LogP contribution in [0.3, 0.4) is 0 Å². The van der Waals surface area contributed by atoms with Crippen LogP contribution in [0.15, 0.2) is 35.4 Å². The van der Waals surface area contributed by atoms with Crippen molar-refractivity contribution in [3.63, 3.8) is 0 Å². The lowest BCUT2D eigenvalue weighted by atomic mass is 10.2. The van der Waals surface area contributed by atoms with Crippen molar-refractivity contribution in [1.29, 1.82) is 0 Å². The minimum absolute atomic E-state index is 0.0324. The van der Waals surface area contributed by atoms with Crippen LogP contribution in [0.5, 0.6) is 0 Å². The maximum Gasteiger partial charge on any atom is 0.328 e. The van der Waals surface area contributed by atoms with Gasteiger partial charge in [-0.2, -0.15) is 0 Å². The molecule has 2 rings (SSSR count). The van der Waals surface area contributed by atoms with Crippen molar-refractivity contribution in [2.24, 2.45) is 0 Å². The van der Waals surface area contributed by atoms with Gasteiger partial charge in [0.05, 0.1) is 22.1 Å². The summed E-state index contributed by atoms with van der Waals surface area (Å²) in [6.45, 7) is 3.86. The summed E-state index contributed by atoms with van der Waals surface area (Å²) in [5.41, 5.74) is 0.0405. The molecular formula is C13H14ClN3O3. The fraction of sp³-hybridized carbons (Fsp3) is 0.308. The van der Waals surface area contributed by atoms with Crippen LogP contribution in [-0.4, -0.2) is 14.1 Å². The SMILES string of the molecule is CC(C)n1ccn(Cc2c(Cl)cccc2[N+](=O)[O-])c1=O. The van der Waals surface area contributed by atoms with E-state index in [1.807, 2.05) is 13.8 Å². The molecule has 0 saturated carbocycles. The van der Waals surface area contributed by atoms with Crippen LogP contribution in [-0.2, 0) is 6.54 Å². The number of nitro groups is 1. The molecule has 1 aromatic heterocycles. The average molecular weight is 296 g/mol. The zero-order valence-electron chi connectivity index (χ0n) is 11.1. The van der Waals surface area contributed by atoms with E-state index in [9.17, 15) is 14.9 Å². The molecule has 20 heavy (non-hydrogen) atoms. The zero-order chi connectivity index (χ0) is 14.9. The van der Waals surface area contributed by atoms with Gasteiger partial charge in [0.25, 0.3) is 5.69 Å². The van der Waals surface area contributed by atoms with Gasteiger partial charge in [0.2, 0.25) is 0 Å². The van der Waals surface area contributed by atoms with Crippen molar-refractivity contribution in [2.45, 2.75) is 26.4 Å². The van der Waals surface area contributed by atoms with Gasteiger partial charge < -0.3 is 0 Å². The molecule has 1 aromatic carbocycles. The molecule has 0 unspecified atom stereocenters. The Balaban J connectivity index is 2.46. The van der Waals surface area contributed by atoms with Crippen molar-refractivity contribution in [1.82, 2.24) is 9.13 Å². The molecule has 6 nitrogen and oxygen atoms in total. The molecule has 0 aliphatic rings. The molecule has 106 valence electrons.